The molecule has 166 valence electrons. The van der Waals surface area contributed by atoms with Crippen LogP contribution in [0.4, 0.5) is 0 Å². The van der Waals surface area contributed by atoms with Gasteiger partial charge in [-0.3, -0.25) is 14.4 Å². The van der Waals surface area contributed by atoms with Crippen molar-refractivity contribution in [2.75, 3.05) is 0 Å². The fourth-order valence-corrected chi connectivity index (χ4v) is 3.38. The van der Waals surface area contributed by atoms with Crippen LogP contribution in [-0.4, -0.2) is 16.4 Å². The summed E-state index contributed by atoms with van der Waals surface area (Å²) in [6, 6.07) is 21.3. The number of carbonyl (C=O) groups is 2. The summed E-state index contributed by atoms with van der Waals surface area (Å²) >= 11 is 0. The van der Waals surface area contributed by atoms with E-state index in [4.69, 9.17) is 0 Å². The fraction of sp³-hybridized carbons (Fsp3) is 0.269. The maximum atomic E-state index is 12.9. The van der Waals surface area contributed by atoms with E-state index >= 15 is 0 Å². The normalized spacial score (nSPS) is 11.7. The first-order valence-corrected chi connectivity index (χ1v) is 10.8. The van der Waals surface area contributed by atoms with Crippen molar-refractivity contribution in [2.45, 2.75) is 39.4 Å². The molecule has 0 aliphatic heterocycles. The summed E-state index contributed by atoms with van der Waals surface area (Å²) in [4.78, 5) is 37.1. The third-order valence-corrected chi connectivity index (χ3v) is 5.04. The van der Waals surface area contributed by atoms with E-state index in [1.807, 2.05) is 74.5 Å². The smallest absolute Gasteiger partial charge is 0.250 e. The molecule has 3 aromatic rings. The Labute approximate surface area is 188 Å². The Balaban J connectivity index is 1.63. The highest BCUT2D eigenvalue weighted by atomic mass is 16.2. The molecule has 32 heavy (non-hydrogen) atoms. The van der Waals surface area contributed by atoms with Crippen molar-refractivity contribution < 1.29 is 9.59 Å². The second-order valence-corrected chi connectivity index (χ2v) is 8.21. The van der Waals surface area contributed by atoms with Gasteiger partial charge in [-0.1, -0.05) is 74.5 Å². The van der Waals surface area contributed by atoms with Gasteiger partial charge in [-0.15, -0.1) is 0 Å². The lowest BCUT2D eigenvalue weighted by Gasteiger charge is -2.19. The number of rotatable bonds is 9. The second kappa shape index (κ2) is 11.1. The Morgan fingerprint density at radius 1 is 0.875 bits per heavy atom. The molecule has 0 fully saturated rings. The van der Waals surface area contributed by atoms with Gasteiger partial charge in [-0.25, -0.2) is 0 Å². The van der Waals surface area contributed by atoms with Crippen molar-refractivity contribution >= 4 is 11.8 Å². The Kier molecular flexibility index (Phi) is 7.97. The highest BCUT2D eigenvalue weighted by molar-refractivity contribution is 5.88. The number of nitrogens with zero attached hydrogens (tertiary/aromatic N) is 1. The monoisotopic (exact) mass is 431 g/mol. The fourth-order valence-electron chi connectivity index (χ4n) is 3.38. The zero-order valence-corrected chi connectivity index (χ0v) is 18.5. The lowest BCUT2D eigenvalue weighted by Crippen LogP contribution is -2.40. The van der Waals surface area contributed by atoms with Gasteiger partial charge in [0.25, 0.3) is 5.56 Å². The summed E-state index contributed by atoms with van der Waals surface area (Å²) in [6.07, 6.45) is 2.12. The van der Waals surface area contributed by atoms with E-state index in [0.717, 1.165) is 16.7 Å². The van der Waals surface area contributed by atoms with Gasteiger partial charge < -0.3 is 15.2 Å². The average Bonchev–Trinajstić information content (AvgIpc) is 2.78. The van der Waals surface area contributed by atoms with Crippen LogP contribution in [0.5, 0.6) is 0 Å². The lowest BCUT2D eigenvalue weighted by molar-refractivity contribution is -0.129. The van der Waals surface area contributed by atoms with Crippen LogP contribution < -0.4 is 16.2 Å². The van der Waals surface area contributed by atoms with Crippen molar-refractivity contribution in [3.8, 4) is 0 Å². The Hall–Kier alpha value is -3.67. The third-order valence-electron chi connectivity index (χ3n) is 5.04. The molecule has 3 rings (SSSR count). The highest BCUT2D eigenvalue weighted by Gasteiger charge is 2.22. The number of hydrogen-bond acceptors (Lipinski definition) is 3. The molecule has 1 heterocycles. The molecule has 2 N–H and O–H groups in total. The number of aromatic nitrogens is 1. The zero-order chi connectivity index (χ0) is 22.9. The lowest BCUT2D eigenvalue weighted by atomic mass is 10.0. The van der Waals surface area contributed by atoms with E-state index in [2.05, 4.69) is 10.6 Å². The molecule has 0 saturated carbocycles. The molecule has 0 spiro atoms. The number of carbonyl (C=O) groups excluding carboxylic acids is 2. The number of amides is 2. The largest absolute Gasteiger partial charge is 0.350 e. The molecule has 0 saturated heterocycles. The van der Waals surface area contributed by atoms with Crippen molar-refractivity contribution in [1.29, 1.82) is 0 Å². The van der Waals surface area contributed by atoms with Crippen molar-refractivity contribution in [3.05, 3.63) is 106 Å². The van der Waals surface area contributed by atoms with E-state index in [0.29, 0.717) is 19.5 Å². The van der Waals surface area contributed by atoms with Crippen LogP contribution in [0.15, 0.2) is 83.8 Å². The number of nitrogens with one attached hydrogen (secondary N) is 2. The van der Waals surface area contributed by atoms with Crippen LogP contribution in [0.3, 0.4) is 0 Å². The Morgan fingerprint density at radius 2 is 1.53 bits per heavy atom. The second-order valence-electron chi connectivity index (χ2n) is 8.21. The van der Waals surface area contributed by atoms with Gasteiger partial charge in [0.05, 0.1) is 6.54 Å². The van der Waals surface area contributed by atoms with Crippen LogP contribution in [0.25, 0.3) is 0 Å². The molecule has 0 radical (unpaired) electrons. The molecular formula is C26H29N3O3. The van der Waals surface area contributed by atoms with Gasteiger partial charge in [0, 0.05) is 25.2 Å². The third kappa shape index (κ3) is 6.67. The maximum absolute atomic E-state index is 12.9. The SMILES string of the molecule is CC(C)CC(=O)NC(C(=O)NCc1ccc(Cn2ccccc2=O)cc1)c1ccccc1. The molecule has 2 amide bonds. The molecule has 1 atom stereocenters. The molecule has 2 aromatic carbocycles. The first-order chi connectivity index (χ1) is 15.4. The van der Waals surface area contributed by atoms with Crippen LogP contribution >= 0.6 is 0 Å². The van der Waals surface area contributed by atoms with E-state index in [1.165, 1.54) is 6.07 Å². The van der Waals surface area contributed by atoms with Gasteiger partial charge in [0.1, 0.15) is 6.04 Å². The van der Waals surface area contributed by atoms with E-state index in [-0.39, 0.29) is 23.3 Å². The molecular weight excluding hydrogens is 402 g/mol. The Morgan fingerprint density at radius 3 is 2.19 bits per heavy atom. The van der Waals surface area contributed by atoms with Crippen LogP contribution in [0.1, 0.15) is 43.0 Å². The van der Waals surface area contributed by atoms with Gasteiger partial charge in [0.15, 0.2) is 0 Å². The van der Waals surface area contributed by atoms with Gasteiger partial charge in [0.2, 0.25) is 11.8 Å². The van der Waals surface area contributed by atoms with Crippen LogP contribution in [0, 0.1) is 5.92 Å². The minimum Gasteiger partial charge on any atom is -0.350 e. The number of pyridine rings is 1. The number of hydrogen-bond donors (Lipinski definition) is 2. The summed E-state index contributed by atoms with van der Waals surface area (Å²) in [5.41, 5.74) is 2.63. The predicted octanol–water partition coefficient (Wildman–Crippen LogP) is 3.42. The quantitative estimate of drug-likeness (QED) is 0.545. The van der Waals surface area contributed by atoms with Crippen LogP contribution in [-0.2, 0) is 22.7 Å². The van der Waals surface area contributed by atoms with Gasteiger partial charge >= 0.3 is 0 Å². The topological polar surface area (TPSA) is 80.2 Å². The van der Waals surface area contributed by atoms with Crippen molar-refractivity contribution in [1.82, 2.24) is 15.2 Å². The van der Waals surface area contributed by atoms with Crippen molar-refractivity contribution in [3.63, 3.8) is 0 Å². The summed E-state index contributed by atoms with van der Waals surface area (Å²) in [5.74, 6) is -0.197. The summed E-state index contributed by atoms with van der Waals surface area (Å²) in [6.45, 7) is 4.77. The molecule has 6 heteroatoms. The van der Waals surface area contributed by atoms with E-state index in [1.54, 1.807) is 16.8 Å². The molecule has 1 aromatic heterocycles. The van der Waals surface area contributed by atoms with Gasteiger partial charge in [-0.05, 0) is 28.7 Å². The molecule has 0 aliphatic rings. The Bertz CT molecular complexity index is 1090. The minimum absolute atomic E-state index is 0.0460. The zero-order valence-electron chi connectivity index (χ0n) is 18.5. The maximum Gasteiger partial charge on any atom is 0.250 e. The van der Waals surface area contributed by atoms with E-state index < -0.39 is 6.04 Å². The van der Waals surface area contributed by atoms with Gasteiger partial charge in [-0.2, -0.15) is 0 Å². The molecule has 0 aliphatic carbocycles. The molecule has 6 nitrogen and oxygen atoms in total. The standard InChI is InChI=1S/C26H29N3O3/c1-19(2)16-23(30)28-25(22-8-4-3-5-9-22)26(32)27-17-20-11-13-21(14-12-20)18-29-15-7-6-10-24(29)31/h3-15,19,25H,16-18H2,1-2H3,(H,27,32)(H,28,30). The van der Waals surface area contributed by atoms with Crippen LogP contribution in [0.2, 0.25) is 0 Å². The predicted molar refractivity (Wildman–Crippen MR) is 125 cm³/mol. The number of benzene rings is 2. The van der Waals surface area contributed by atoms with E-state index in [9.17, 15) is 14.4 Å². The van der Waals surface area contributed by atoms with Crippen molar-refractivity contribution in [2.24, 2.45) is 5.92 Å². The summed E-state index contributed by atoms with van der Waals surface area (Å²) in [5, 5.41) is 5.78. The highest BCUT2D eigenvalue weighted by Crippen LogP contribution is 2.14. The first-order valence-electron chi connectivity index (χ1n) is 10.8. The molecule has 0 bridgehead atoms. The summed E-state index contributed by atoms with van der Waals surface area (Å²) < 4.78 is 1.64. The average molecular weight is 432 g/mol. The minimum atomic E-state index is -0.744. The summed E-state index contributed by atoms with van der Waals surface area (Å²) in [7, 11) is 0. The first kappa shape index (κ1) is 23.0. The molecule has 1 unspecified atom stereocenters.